The second-order valence-corrected chi connectivity index (χ2v) is 7.21. The minimum absolute atomic E-state index is 0.179. The van der Waals surface area contributed by atoms with Crippen LogP contribution in [0.3, 0.4) is 0 Å². The van der Waals surface area contributed by atoms with Gasteiger partial charge in [0.25, 0.3) is 5.91 Å². The number of nitrogens with one attached hydrogen (secondary N) is 2. The molecule has 2 aliphatic rings. The van der Waals surface area contributed by atoms with E-state index >= 15 is 0 Å². The highest BCUT2D eigenvalue weighted by molar-refractivity contribution is 5.92. The fourth-order valence-electron chi connectivity index (χ4n) is 3.96. The van der Waals surface area contributed by atoms with Crippen LogP contribution in [0.25, 0.3) is 0 Å². The number of nitrogens with zero attached hydrogens (tertiary/aromatic N) is 3. The molecule has 138 valence electrons. The number of amides is 2. The minimum atomic E-state index is -0.380. The summed E-state index contributed by atoms with van der Waals surface area (Å²) in [5.41, 5.74) is 5.70. The monoisotopic (exact) mass is 348 g/mol. The van der Waals surface area contributed by atoms with Crippen LogP contribution in [0, 0.1) is 5.92 Å². The van der Waals surface area contributed by atoms with Gasteiger partial charge in [-0.25, -0.2) is 4.68 Å². The third-order valence-electron chi connectivity index (χ3n) is 5.38. The summed E-state index contributed by atoms with van der Waals surface area (Å²) in [5, 5.41) is 14.5. The van der Waals surface area contributed by atoms with Crippen molar-refractivity contribution < 1.29 is 9.59 Å². The van der Waals surface area contributed by atoms with Gasteiger partial charge in [0, 0.05) is 12.5 Å². The maximum atomic E-state index is 12.6. The first-order valence-corrected chi connectivity index (χ1v) is 9.35. The second kappa shape index (κ2) is 8.42. The summed E-state index contributed by atoms with van der Waals surface area (Å²) in [5.74, 6) is -0.337. The van der Waals surface area contributed by atoms with Crippen molar-refractivity contribution in [2.24, 2.45) is 11.7 Å². The molecule has 1 aliphatic carbocycles. The van der Waals surface area contributed by atoms with Crippen LogP contribution >= 0.6 is 0 Å². The molecule has 1 aliphatic heterocycles. The zero-order valence-corrected chi connectivity index (χ0v) is 14.6. The molecule has 1 aromatic rings. The zero-order chi connectivity index (χ0) is 17.6. The van der Waals surface area contributed by atoms with Crippen molar-refractivity contribution in [1.82, 2.24) is 25.6 Å². The molecule has 8 heteroatoms. The van der Waals surface area contributed by atoms with Gasteiger partial charge in [-0.1, -0.05) is 24.5 Å². The molecule has 0 aromatic carbocycles. The van der Waals surface area contributed by atoms with E-state index in [0.29, 0.717) is 11.6 Å². The Labute approximate surface area is 147 Å². The van der Waals surface area contributed by atoms with Gasteiger partial charge in [0.05, 0.1) is 12.2 Å². The summed E-state index contributed by atoms with van der Waals surface area (Å²) in [7, 11) is 0. The number of nitrogens with two attached hydrogens (primary N) is 1. The molecular formula is C17H28N6O2. The molecule has 0 bridgehead atoms. The number of carbonyl (C=O) groups excluding carboxylic acids is 2. The molecule has 2 heterocycles. The van der Waals surface area contributed by atoms with Gasteiger partial charge >= 0.3 is 0 Å². The van der Waals surface area contributed by atoms with Crippen molar-refractivity contribution in [2.45, 2.75) is 63.5 Å². The van der Waals surface area contributed by atoms with E-state index in [9.17, 15) is 9.59 Å². The van der Waals surface area contributed by atoms with Crippen molar-refractivity contribution in [3.8, 4) is 0 Å². The minimum Gasteiger partial charge on any atom is -0.370 e. The van der Waals surface area contributed by atoms with Crippen LogP contribution < -0.4 is 16.4 Å². The van der Waals surface area contributed by atoms with Gasteiger partial charge in [-0.3, -0.25) is 9.59 Å². The van der Waals surface area contributed by atoms with Crippen molar-refractivity contribution in [2.75, 3.05) is 13.1 Å². The molecule has 1 unspecified atom stereocenters. The van der Waals surface area contributed by atoms with E-state index in [1.807, 2.05) is 0 Å². The average Bonchev–Trinajstić information content (AvgIpc) is 3.12. The van der Waals surface area contributed by atoms with Gasteiger partial charge in [-0.15, -0.1) is 5.10 Å². The number of rotatable bonds is 6. The van der Waals surface area contributed by atoms with Crippen molar-refractivity contribution in [3.63, 3.8) is 0 Å². The third-order valence-corrected chi connectivity index (χ3v) is 5.38. The lowest BCUT2D eigenvalue weighted by Crippen LogP contribution is -2.43. The molecule has 25 heavy (non-hydrogen) atoms. The lowest BCUT2D eigenvalue weighted by Gasteiger charge is -2.30. The maximum Gasteiger partial charge on any atom is 0.273 e. The van der Waals surface area contributed by atoms with Crippen LogP contribution in [0.2, 0.25) is 0 Å². The highest BCUT2D eigenvalue weighted by atomic mass is 16.2. The lowest BCUT2D eigenvalue weighted by atomic mass is 9.82. The van der Waals surface area contributed by atoms with Gasteiger partial charge in [0.15, 0.2) is 5.69 Å². The quantitative estimate of drug-likeness (QED) is 0.702. The normalized spacial score (nSPS) is 21.0. The SMILES string of the molecule is NC(=O)CC(NC(=O)c1cn(C2CCNCC2)nn1)C1CCCCC1. The predicted molar refractivity (Wildman–Crippen MR) is 92.8 cm³/mol. The van der Waals surface area contributed by atoms with Crippen LogP contribution in [-0.2, 0) is 4.79 Å². The average molecular weight is 348 g/mol. The smallest absolute Gasteiger partial charge is 0.273 e. The maximum absolute atomic E-state index is 12.6. The van der Waals surface area contributed by atoms with E-state index in [0.717, 1.165) is 51.6 Å². The molecule has 1 atom stereocenters. The van der Waals surface area contributed by atoms with Gasteiger partial charge in [-0.2, -0.15) is 0 Å². The predicted octanol–water partition coefficient (Wildman–Crippen LogP) is 0.757. The summed E-state index contributed by atoms with van der Waals surface area (Å²) in [6.07, 6.45) is 9.42. The van der Waals surface area contributed by atoms with E-state index in [2.05, 4.69) is 20.9 Å². The van der Waals surface area contributed by atoms with E-state index in [4.69, 9.17) is 5.73 Å². The Kier molecular flexibility index (Phi) is 6.01. The number of piperidine rings is 1. The number of carbonyl (C=O) groups is 2. The van der Waals surface area contributed by atoms with E-state index < -0.39 is 0 Å². The Balaban J connectivity index is 1.63. The summed E-state index contributed by atoms with van der Waals surface area (Å²) in [6.45, 7) is 1.91. The topological polar surface area (TPSA) is 115 Å². The molecule has 1 saturated heterocycles. The Bertz CT molecular complexity index is 590. The molecule has 3 rings (SSSR count). The summed E-state index contributed by atoms with van der Waals surface area (Å²) in [4.78, 5) is 24.0. The van der Waals surface area contributed by atoms with E-state index in [-0.39, 0.29) is 30.3 Å². The third kappa shape index (κ3) is 4.78. The fourth-order valence-corrected chi connectivity index (χ4v) is 3.96. The first-order valence-electron chi connectivity index (χ1n) is 9.35. The van der Waals surface area contributed by atoms with Gasteiger partial charge in [0.2, 0.25) is 5.91 Å². The molecule has 4 N–H and O–H groups in total. The van der Waals surface area contributed by atoms with Gasteiger partial charge in [-0.05, 0) is 44.7 Å². The van der Waals surface area contributed by atoms with Crippen LogP contribution in [0.1, 0.15) is 67.9 Å². The number of primary amides is 1. The van der Waals surface area contributed by atoms with E-state index in [1.165, 1.54) is 6.42 Å². The van der Waals surface area contributed by atoms with Gasteiger partial charge < -0.3 is 16.4 Å². The molecular weight excluding hydrogens is 320 g/mol. The number of hydrogen-bond acceptors (Lipinski definition) is 5. The Morgan fingerprint density at radius 2 is 1.96 bits per heavy atom. The van der Waals surface area contributed by atoms with Crippen LogP contribution in [-0.4, -0.2) is 45.9 Å². The molecule has 1 saturated carbocycles. The first kappa shape index (κ1) is 17.8. The molecule has 2 amide bonds. The number of aromatic nitrogens is 3. The van der Waals surface area contributed by atoms with Crippen molar-refractivity contribution in [3.05, 3.63) is 11.9 Å². The van der Waals surface area contributed by atoms with Crippen LogP contribution in [0.4, 0.5) is 0 Å². The molecule has 1 aromatic heterocycles. The zero-order valence-electron chi connectivity index (χ0n) is 14.6. The van der Waals surface area contributed by atoms with Crippen molar-refractivity contribution >= 4 is 11.8 Å². The van der Waals surface area contributed by atoms with Crippen LogP contribution in [0.15, 0.2) is 6.20 Å². The highest BCUT2D eigenvalue weighted by Gasteiger charge is 2.28. The lowest BCUT2D eigenvalue weighted by molar-refractivity contribution is -0.118. The Hall–Kier alpha value is -1.96. The largest absolute Gasteiger partial charge is 0.370 e. The Morgan fingerprint density at radius 3 is 2.64 bits per heavy atom. The molecule has 2 fully saturated rings. The highest BCUT2D eigenvalue weighted by Crippen LogP contribution is 2.28. The van der Waals surface area contributed by atoms with E-state index in [1.54, 1.807) is 10.9 Å². The van der Waals surface area contributed by atoms with Crippen molar-refractivity contribution in [1.29, 1.82) is 0 Å². The molecule has 0 spiro atoms. The van der Waals surface area contributed by atoms with Gasteiger partial charge in [0.1, 0.15) is 0 Å². The van der Waals surface area contributed by atoms with Crippen LogP contribution in [0.5, 0.6) is 0 Å². The first-order chi connectivity index (χ1) is 12.1. The number of hydrogen-bond donors (Lipinski definition) is 3. The molecule has 0 radical (unpaired) electrons. The Morgan fingerprint density at radius 1 is 1.24 bits per heavy atom. The summed E-state index contributed by atoms with van der Waals surface area (Å²) >= 11 is 0. The summed E-state index contributed by atoms with van der Waals surface area (Å²) < 4.78 is 1.79. The second-order valence-electron chi connectivity index (χ2n) is 7.21. The fraction of sp³-hybridized carbons (Fsp3) is 0.765. The summed E-state index contributed by atoms with van der Waals surface area (Å²) in [6, 6.07) is 0.0735. The standard InChI is InChI=1S/C17H28N6O2/c18-16(24)10-14(12-4-2-1-3-5-12)20-17(25)15-11-23(22-21-15)13-6-8-19-9-7-13/h11-14,19H,1-10H2,(H2,18,24)(H,20,25). The molecule has 8 nitrogen and oxygen atoms in total.